The van der Waals surface area contributed by atoms with Gasteiger partial charge in [0.15, 0.2) is 0 Å². The maximum Gasteiger partial charge on any atom is 0.321 e. The highest BCUT2D eigenvalue weighted by atomic mass is 16.4. The topological polar surface area (TPSA) is 49.3 Å². The van der Waals surface area contributed by atoms with Gasteiger partial charge in [0.1, 0.15) is 6.04 Å². The fourth-order valence-electron chi connectivity index (χ4n) is 2.93. The molecule has 3 heteroatoms. The number of nitrogens with one attached hydrogen (secondary N) is 1. The molecule has 0 amide bonds. The minimum atomic E-state index is -0.756. The molecule has 0 heterocycles. The molecule has 2 rings (SSSR count). The van der Waals surface area contributed by atoms with E-state index >= 15 is 0 Å². The predicted octanol–water partition coefficient (Wildman–Crippen LogP) is 2.85. The Bertz CT molecular complexity index is 428. The van der Waals surface area contributed by atoms with Gasteiger partial charge in [0.2, 0.25) is 0 Å². The fraction of sp³-hybridized carbons (Fsp3) is 0.562. The molecule has 0 bridgehead atoms. The van der Waals surface area contributed by atoms with E-state index in [1.165, 1.54) is 6.42 Å². The summed E-state index contributed by atoms with van der Waals surface area (Å²) in [7, 11) is 0. The summed E-state index contributed by atoms with van der Waals surface area (Å²) in [6, 6.07) is 9.67. The van der Waals surface area contributed by atoms with Crippen LogP contribution in [-0.2, 0) is 11.2 Å². The van der Waals surface area contributed by atoms with Crippen LogP contribution in [0, 0.1) is 5.41 Å². The Balaban J connectivity index is 1.96. The molecule has 2 N–H and O–H groups in total. The Morgan fingerprint density at radius 2 is 2.11 bits per heavy atom. The third kappa shape index (κ3) is 4.06. The lowest BCUT2D eigenvalue weighted by molar-refractivity contribution is -0.139. The molecular formula is C16H23NO2. The van der Waals surface area contributed by atoms with Crippen LogP contribution in [0.5, 0.6) is 0 Å². The maximum absolute atomic E-state index is 11.4. The summed E-state index contributed by atoms with van der Waals surface area (Å²) >= 11 is 0. The van der Waals surface area contributed by atoms with E-state index in [1.807, 2.05) is 30.3 Å². The van der Waals surface area contributed by atoms with Crippen LogP contribution in [0.25, 0.3) is 0 Å². The lowest BCUT2D eigenvalue weighted by Gasteiger charge is -2.22. The Morgan fingerprint density at radius 3 is 2.63 bits per heavy atom. The van der Waals surface area contributed by atoms with E-state index in [0.717, 1.165) is 18.4 Å². The molecule has 0 radical (unpaired) electrons. The highest BCUT2D eigenvalue weighted by Gasteiger charge is 2.33. The van der Waals surface area contributed by atoms with Gasteiger partial charge in [-0.1, -0.05) is 44.2 Å². The van der Waals surface area contributed by atoms with Crippen LogP contribution in [0.4, 0.5) is 0 Å². The molecule has 2 atom stereocenters. The van der Waals surface area contributed by atoms with E-state index in [2.05, 4.69) is 19.2 Å². The summed E-state index contributed by atoms with van der Waals surface area (Å²) in [6.45, 7) is 4.50. The first-order valence-corrected chi connectivity index (χ1v) is 6.99. The smallest absolute Gasteiger partial charge is 0.321 e. The number of benzene rings is 1. The second kappa shape index (κ2) is 5.74. The number of carboxylic acid groups (broad SMARTS) is 1. The van der Waals surface area contributed by atoms with E-state index in [4.69, 9.17) is 0 Å². The highest BCUT2D eigenvalue weighted by Crippen LogP contribution is 2.37. The van der Waals surface area contributed by atoms with Crippen LogP contribution in [0.3, 0.4) is 0 Å². The van der Waals surface area contributed by atoms with Crippen LogP contribution in [0.15, 0.2) is 30.3 Å². The number of carbonyl (C=O) groups is 1. The van der Waals surface area contributed by atoms with Crippen LogP contribution < -0.4 is 5.32 Å². The zero-order valence-corrected chi connectivity index (χ0v) is 11.7. The van der Waals surface area contributed by atoms with Crippen molar-refractivity contribution in [3.05, 3.63) is 35.9 Å². The second-order valence-electron chi connectivity index (χ2n) is 6.35. The quantitative estimate of drug-likeness (QED) is 0.857. The molecule has 0 aromatic heterocycles. The van der Waals surface area contributed by atoms with Crippen molar-refractivity contribution in [1.29, 1.82) is 0 Å². The lowest BCUT2D eigenvalue weighted by Crippen LogP contribution is -2.44. The normalized spacial score (nSPS) is 23.2. The molecule has 1 aliphatic rings. The van der Waals surface area contributed by atoms with Crippen LogP contribution >= 0.6 is 0 Å². The van der Waals surface area contributed by atoms with E-state index < -0.39 is 12.0 Å². The van der Waals surface area contributed by atoms with Gasteiger partial charge in [0.05, 0.1) is 0 Å². The van der Waals surface area contributed by atoms with Crippen molar-refractivity contribution in [3.8, 4) is 0 Å². The molecule has 0 saturated heterocycles. The van der Waals surface area contributed by atoms with Crippen molar-refractivity contribution in [2.75, 3.05) is 0 Å². The van der Waals surface area contributed by atoms with Crippen LogP contribution in [0.2, 0.25) is 0 Å². The van der Waals surface area contributed by atoms with Crippen molar-refractivity contribution in [3.63, 3.8) is 0 Å². The average Bonchev–Trinajstić information content (AvgIpc) is 2.69. The van der Waals surface area contributed by atoms with Crippen LogP contribution in [0.1, 0.15) is 38.7 Å². The van der Waals surface area contributed by atoms with E-state index in [-0.39, 0.29) is 0 Å². The SMILES string of the molecule is CC1(C)CCC(N[C@@H](Cc2ccccc2)C(=O)O)C1. The Kier molecular flexibility index (Phi) is 4.25. The summed E-state index contributed by atoms with van der Waals surface area (Å²) in [5.74, 6) is -0.756. The predicted molar refractivity (Wildman–Crippen MR) is 76.1 cm³/mol. The van der Waals surface area contributed by atoms with Gasteiger partial charge in [-0.25, -0.2) is 0 Å². The number of hydrogen-bond donors (Lipinski definition) is 2. The molecule has 104 valence electrons. The van der Waals surface area contributed by atoms with Crippen LogP contribution in [-0.4, -0.2) is 23.2 Å². The molecule has 1 fully saturated rings. The Hall–Kier alpha value is -1.35. The number of rotatable bonds is 5. The second-order valence-corrected chi connectivity index (χ2v) is 6.35. The Labute approximate surface area is 115 Å². The van der Waals surface area contributed by atoms with Crippen molar-refractivity contribution >= 4 is 5.97 Å². The van der Waals surface area contributed by atoms with Crippen molar-refractivity contribution in [2.45, 2.75) is 51.6 Å². The van der Waals surface area contributed by atoms with Gasteiger partial charge in [-0.2, -0.15) is 0 Å². The first-order chi connectivity index (χ1) is 8.96. The monoisotopic (exact) mass is 261 g/mol. The third-order valence-corrected chi connectivity index (χ3v) is 3.99. The van der Waals surface area contributed by atoms with Gasteiger partial charge in [0.25, 0.3) is 0 Å². The summed E-state index contributed by atoms with van der Waals surface area (Å²) in [5, 5.41) is 12.7. The van der Waals surface area contributed by atoms with Gasteiger partial charge in [-0.15, -0.1) is 0 Å². The zero-order valence-electron chi connectivity index (χ0n) is 11.7. The first kappa shape index (κ1) is 14.1. The summed E-state index contributed by atoms with van der Waals surface area (Å²) < 4.78 is 0. The molecule has 3 nitrogen and oxygen atoms in total. The van der Waals surface area contributed by atoms with Crippen molar-refractivity contribution in [1.82, 2.24) is 5.32 Å². The molecule has 1 aromatic carbocycles. The number of carboxylic acids is 1. The molecule has 1 aromatic rings. The van der Waals surface area contributed by atoms with E-state index in [1.54, 1.807) is 0 Å². The summed E-state index contributed by atoms with van der Waals surface area (Å²) in [4.78, 5) is 11.4. The highest BCUT2D eigenvalue weighted by molar-refractivity contribution is 5.74. The molecule has 19 heavy (non-hydrogen) atoms. The molecule has 1 saturated carbocycles. The molecule has 1 unspecified atom stereocenters. The van der Waals surface area contributed by atoms with Gasteiger partial charge < -0.3 is 10.4 Å². The molecule has 0 spiro atoms. The zero-order chi connectivity index (χ0) is 13.9. The van der Waals surface area contributed by atoms with Gasteiger partial charge >= 0.3 is 5.97 Å². The first-order valence-electron chi connectivity index (χ1n) is 6.99. The minimum Gasteiger partial charge on any atom is -0.480 e. The van der Waals surface area contributed by atoms with Gasteiger partial charge in [-0.05, 0) is 36.7 Å². The summed E-state index contributed by atoms with van der Waals surface area (Å²) in [6.07, 6.45) is 3.85. The summed E-state index contributed by atoms with van der Waals surface area (Å²) in [5.41, 5.74) is 1.41. The van der Waals surface area contributed by atoms with Gasteiger partial charge in [0, 0.05) is 6.04 Å². The average molecular weight is 261 g/mol. The lowest BCUT2D eigenvalue weighted by atomic mass is 9.91. The minimum absolute atomic E-state index is 0.333. The van der Waals surface area contributed by atoms with Crippen molar-refractivity contribution < 1.29 is 9.90 Å². The maximum atomic E-state index is 11.4. The third-order valence-electron chi connectivity index (χ3n) is 3.99. The number of aliphatic carboxylic acids is 1. The Morgan fingerprint density at radius 1 is 1.42 bits per heavy atom. The standard InChI is InChI=1S/C16H23NO2/c1-16(2)9-8-13(11-16)17-14(15(18)19)10-12-6-4-3-5-7-12/h3-7,13-14,17H,8-11H2,1-2H3,(H,18,19)/t13?,14-/m0/s1. The molecule has 0 aliphatic heterocycles. The largest absolute Gasteiger partial charge is 0.480 e. The van der Waals surface area contributed by atoms with Gasteiger partial charge in [-0.3, -0.25) is 4.79 Å². The van der Waals surface area contributed by atoms with E-state index in [9.17, 15) is 9.90 Å². The number of hydrogen-bond acceptors (Lipinski definition) is 2. The molecule has 1 aliphatic carbocycles. The molecular weight excluding hydrogens is 238 g/mol. The van der Waals surface area contributed by atoms with Crippen molar-refractivity contribution in [2.24, 2.45) is 5.41 Å². The fourth-order valence-corrected chi connectivity index (χ4v) is 2.93. The van der Waals surface area contributed by atoms with E-state index in [0.29, 0.717) is 17.9 Å².